The summed E-state index contributed by atoms with van der Waals surface area (Å²) in [4.78, 5) is 9.82. The molecular weight excluding hydrogens is 146 g/mol. The Hall–Kier alpha value is -1.39. The summed E-state index contributed by atoms with van der Waals surface area (Å²) >= 11 is 0. The fraction of sp³-hybridized carbons (Fsp3) is 0.500. The number of esters is 1. The number of nitrogens with zero attached hydrogens (tertiary/aromatic N) is 2. The molecule has 0 unspecified atom stereocenters. The van der Waals surface area contributed by atoms with Crippen LogP contribution in [0, 0.1) is 0 Å². The zero-order valence-corrected chi connectivity index (χ0v) is 6.57. The lowest BCUT2D eigenvalue weighted by atomic mass is 10.8. The van der Waals surface area contributed by atoms with Gasteiger partial charge in [0.05, 0.1) is 12.8 Å². The molecule has 5 heteroatoms. The number of carbonyl (C=O) groups is 1. The molecule has 1 N–H and O–H groups in total. The molecule has 0 aliphatic carbocycles. The number of aromatic amines is 1. The van der Waals surface area contributed by atoms with Crippen molar-refractivity contribution in [1.29, 1.82) is 0 Å². The molecule has 0 saturated heterocycles. The monoisotopic (exact) mass is 157 g/mol. The Morgan fingerprint density at radius 3 is 2.55 bits per heavy atom. The minimum absolute atomic E-state index is 0.211. The first-order chi connectivity index (χ1) is 5.27. The molecule has 0 bridgehead atoms. The summed E-state index contributed by atoms with van der Waals surface area (Å²) in [5, 5.41) is 9.26. The average molecular weight is 157 g/mol. The molecule has 62 valence electrons. The fourth-order valence-electron chi connectivity index (χ4n) is 0.370. The second kappa shape index (κ2) is 6.73. The third-order valence-electron chi connectivity index (χ3n) is 0.679. The van der Waals surface area contributed by atoms with Gasteiger partial charge in [0, 0.05) is 13.1 Å². The summed E-state index contributed by atoms with van der Waals surface area (Å²) in [5.41, 5.74) is 0. The van der Waals surface area contributed by atoms with Crippen molar-refractivity contribution in [3.63, 3.8) is 0 Å². The summed E-state index contributed by atoms with van der Waals surface area (Å²) in [7, 11) is 0. The first-order valence-corrected chi connectivity index (χ1v) is 3.21. The van der Waals surface area contributed by atoms with Crippen molar-refractivity contribution in [2.45, 2.75) is 13.8 Å². The molecule has 0 amide bonds. The van der Waals surface area contributed by atoms with E-state index in [1.807, 2.05) is 0 Å². The van der Waals surface area contributed by atoms with Crippen molar-refractivity contribution < 1.29 is 9.53 Å². The van der Waals surface area contributed by atoms with E-state index in [-0.39, 0.29) is 5.97 Å². The largest absolute Gasteiger partial charge is 0.466 e. The van der Waals surface area contributed by atoms with Crippen molar-refractivity contribution in [3.05, 3.63) is 12.4 Å². The van der Waals surface area contributed by atoms with Crippen LogP contribution in [-0.2, 0) is 9.53 Å². The zero-order chi connectivity index (χ0) is 8.53. The van der Waals surface area contributed by atoms with Gasteiger partial charge in [0.1, 0.15) is 0 Å². The minimum Gasteiger partial charge on any atom is -0.466 e. The molecule has 1 rings (SSSR count). The Balaban J connectivity index is 0.000000183. The lowest BCUT2D eigenvalue weighted by molar-refractivity contribution is -0.140. The van der Waals surface area contributed by atoms with E-state index < -0.39 is 0 Å². The van der Waals surface area contributed by atoms with Crippen molar-refractivity contribution >= 4 is 5.97 Å². The van der Waals surface area contributed by atoms with Crippen molar-refractivity contribution in [2.24, 2.45) is 0 Å². The molecule has 0 saturated carbocycles. The highest BCUT2D eigenvalue weighted by atomic mass is 16.5. The molecule has 0 aromatic carbocycles. The van der Waals surface area contributed by atoms with Crippen molar-refractivity contribution in [2.75, 3.05) is 6.61 Å². The van der Waals surface area contributed by atoms with E-state index in [2.05, 4.69) is 20.1 Å². The number of ether oxygens (including phenoxy) is 1. The van der Waals surface area contributed by atoms with Gasteiger partial charge in [0.15, 0.2) is 0 Å². The molecule has 0 fully saturated rings. The standard InChI is InChI=1S/C4H8O2.C2H3N3/c1-3-6-4(2)5;1-2-4-5-3-1/h3H2,1-2H3;1-2H,(H,3,4,5). The number of carbonyl (C=O) groups excluding carboxylic acids is 1. The first-order valence-electron chi connectivity index (χ1n) is 3.21. The lowest BCUT2D eigenvalue weighted by Gasteiger charge is -1.89. The van der Waals surface area contributed by atoms with Crippen LogP contribution in [0.1, 0.15) is 13.8 Å². The number of aromatic nitrogens is 3. The van der Waals surface area contributed by atoms with Gasteiger partial charge in [-0.1, -0.05) is 5.21 Å². The van der Waals surface area contributed by atoms with Gasteiger partial charge in [-0.25, -0.2) is 0 Å². The van der Waals surface area contributed by atoms with Crippen LogP contribution >= 0.6 is 0 Å². The van der Waals surface area contributed by atoms with Gasteiger partial charge < -0.3 is 4.74 Å². The van der Waals surface area contributed by atoms with E-state index in [1.165, 1.54) is 6.92 Å². The van der Waals surface area contributed by atoms with Gasteiger partial charge in [-0.15, -0.1) is 5.10 Å². The summed E-state index contributed by atoms with van der Waals surface area (Å²) in [6.45, 7) is 3.65. The molecule has 0 spiro atoms. The fourth-order valence-corrected chi connectivity index (χ4v) is 0.370. The molecule has 11 heavy (non-hydrogen) atoms. The van der Waals surface area contributed by atoms with Crippen LogP contribution in [0.3, 0.4) is 0 Å². The maximum Gasteiger partial charge on any atom is 0.302 e. The SMILES string of the molecule is CCOC(C)=O.c1c[nH]nn1. The van der Waals surface area contributed by atoms with E-state index in [4.69, 9.17) is 0 Å². The van der Waals surface area contributed by atoms with Gasteiger partial charge in [-0.2, -0.15) is 0 Å². The number of rotatable bonds is 1. The van der Waals surface area contributed by atoms with Crippen LogP contribution in [0.5, 0.6) is 0 Å². The Morgan fingerprint density at radius 2 is 2.45 bits per heavy atom. The summed E-state index contributed by atoms with van der Waals surface area (Å²) < 4.78 is 4.40. The summed E-state index contributed by atoms with van der Waals surface area (Å²) in [5.74, 6) is -0.211. The number of hydrogen-bond donors (Lipinski definition) is 1. The normalized spacial score (nSPS) is 7.82. The van der Waals surface area contributed by atoms with Crippen LogP contribution in [0.15, 0.2) is 12.4 Å². The highest BCUT2D eigenvalue weighted by molar-refractivity contribution is 5.65. The van der Waals surface area contributed by atoms with E-state index in [9.17, 15) is 4.79 Å². The highest BCUT2D eigenvalue weighted by Crippen LogP contribution is 1.69. The molecule has 1 aromatic rings. The third-order valence-corrected chi connectivity index (χ3v) is 0.679. The number of hydrogen-bond acceptors (Lipinski definition) is 4. The van der Waals surface area contributed by atoms with Crippen molar-refractivity contribution in [3.8, 4) is 0 Å². The molecule has 0 radical (unpaired) electrons. The molecule has 0 atom stereocenters. The second-order valence-corrected chi connectivity index (χ2v) is 1.58. The van der Waals surface area contributed by atoms with Crippen LogP contribution in [0.4, 0.5) is 0 Å². The Kier molecular flexibility index (Phi) is 5.88. The van der Waals surface area contributed by atoms with E-state index in [0.717, 1.165) is 0 Å². The number of H-pyrrole nitrogens is 1. The van der Waals surface area contributed by atoms with Crippen LogP contribution in [-0.4, -0.2) is 28.0 Å². The van der Waals surface area contributed by atoms with Gasteiger partial charge >= 0.3 is 5.97 Å². The first kappa shape index (κ1) is 9.61. The quantitative estimate of drug-likeness (QED) is 0.598. The third kappa shape index (κ3) is 8.61. The van der Waals surface area contributed by atoms with Crippen LogP contribution in [0.2, 0.25) is 0 Å². The van der Waals surface area contributed by atoms with E-state index in [1.54, 1.807) is 19.3 Å². The van der Waals surface area contributed by atoms with E-state index in [0.29, 0.717) is 6.61 Å². The Labute approximate surface area is 64.8 Å². The van der Waals surface area contributed by atoms with Gasteiger partial charge in [0.25, 0.3) is 0 Å². The second-order valence-electron chi connectivity index (χ2n) is 1.58. The van der Waals surface area contributed by atoms with Gasteiger partial charge in [-0.05, 0) is 6.92 Å². The predicted molar refractivity (Wildman–Crippen MR) is 38.7 cm³/mol. The lowest BCUT2D eigenvalue weighted by Crippen LogP contribution is -1.95. The highest BCUT2D eigenvalue weighted by Gasteiger charge is 1.81. The molecule has 0 aliphatic heterocycles. The molecule has 1 aromatic heterocycles. The topological polar surface area (TPSA) is 67.9 Å². The smallest absolute Gasteiger partial charge is 0.302 e. The molecule has 5 nitrogen and oxygen atoms in total. The zero-order valence-electron chi connectivity index (χ0n) is 6.57. The average Bonchev–Trinajstić information content (AvgIpc) is 2.41. The molecule has 0 aliphatic rings. The number of nitrogens with one attached hydrogen (secondary N) is 1. The Bertz CT molecular complexity index is 157. The summed E-state index contributed by atoms with van der Waals surface area (Å²) in [6, 6.07) is 0. The van der Waals surface area contributed by atoms with Gasteiger partial charge in [-0.3, -0.25) is 9.89 Å². The van der Waals surface area contributed by atoms with E-state index >= 15 is 0 Å². The molecule has 1 heterocycles. The van der Waals surface area contributed by atoms with Crippen LogP contribution in [0.25, 0.3) is 0 Å². The van der Waals surface area contributed by atoms with Crippen molar-refractivity contribution in [1.82, 2.24) is 15.4 Å². The maximum atomic E-state index is 9.82. The predicted octanol–water partition coefficient (Wildman–Crippen LogP) is 0.374. The maximum absolute atomic E-state index is 9.82. The summed E-state index contributed by atoms with van der Waals surface area (Å²) in [6.07, 6.45) is 3.24. The molecular formula is C6H11N3O2. The van der Waals surface area contributed by atoms with Gasteiger partial charge in [0.2, 0.25) is 0 Å². The minimum atomic E-state index is -0.211. The Morgan fingerprint density at radius 1 is 1.73 bits per heavy atom. The van der Waals surface area contributed by atoms with Crippen LogP contribution < -0.4 is 0 Å².